The molecular weight excluding hydrogens is 316 g/mol. The molecule has 5 nitrogen and oxygen atoms in total. The van der Waals surface area contributed by atoms with Gasteiger partial charge in [0, 0.05) is 19.5 Å². The lowest BCUT2D eigenvalue weighted by atomic mass is 10.1. The summed E-state index contributed by atoms with van der Waals surface area (Å²) in [5.74, 6) is 0. The summed E-state index contributed by atoms with van der Waals surface area (Å²) < 4.78 is 11.0. The zero-order valence-electron chi connectivity index (χ0n) is 14.4. The quantitative estimate of drug-likeness (QED) is 0.842. The molecule has 0 aliphatic heterocycles. The van der Waals surface area contributed by atoms with Gasteiger partial charge in [0.25, 0.3) is 0 Å². The SMILES string of the molecule is COC(=O)N(Cc1ccccc1)[C@]1(CN)C[C@@H]1OCc1ccccc1. The van der Waals surface area contributed by atoms with Crippen molar-refractivity contribution in [3.8, 4) is 0 Å². The normalized spacial score (nSPS) is 21.6. The molecule has 0 aromatic heterocycles. The average molecular weight is 340 g/mol. The van der Waals surface area contributed by atoms with E-state index in [2.05, 4.69) is 0 Å². The molecule has 1 fully saturated rings. The lowest BCUT2D eigenvalue weighted by Crippen LogP contribution is -2.49. The zero-order chi connectivity index (χ0) is 17.7. The second-order valence-corrected chi connectivity index (χ2v) is 6.34. The van der Waals surface area contributed by atoms with E-state index < -0.39 is 5.54 Å². The standard InChI is InChI=1S/C20H24N2O3/c1-24-19(23)22(13-16-8-4-2-5-9-16)20(15-21)12-18(20)25-14-17-10-6-3-7-11-17/h2-11,18H,12-15,21H2,1H3/t18-,20-/m0/s1. The molecule has 2 atom stereocenters. The lowest BCUT2D eigenvalue weighted by molar-refractivity contribution is 0.0408. The fourth-order valence-corrected chi connectivity index (χ4v) is 3.14. The van der Waals surface area contributed by atoms with Crippen molar-refractivity contribution in [2.24, 2.45) is 5.73 Å². The zero-order valence-corrected chi connectivity index (χ0v) is 14.4. The number of ether oxygens (including phenoxy) is 2. The summed E-state index contributed by atoms with van der Waals surface area (Å²) in [6, 6.07) is 19.8. The number of hydrogen-bond acceptors (Lipinski definition) is 4. The van der Waals surface area contributed by atoms with E-state index in [4.69, 9.17) is 15.2 Å². The predicted molar refractivity (Wildman–Crippen MR) is 95.8 cm³/mol. The number of nitrogens with zero attached hydrogens (tertiary/aromatic N) is 1. The van der Waals surface area contributed by atoms with Gasteiger partial charge in [-0.05, 0) is 11.1 Å². The molecular formula is C20H24N2O3. The Kier molecular flexibility index (Phi) is 5.36. The molecule has 0 radical (unpaired) electrons. The van der Waals surface area contributed by atoms with E-state index in [1.165, 1.54) is 7.11 Å². The molecule has 5 heteroatoms. The smallest absolute Gasteiger partial charge is 0.410 e. The van der Waals surface area contributed by atoms with Gasteiger partial charge in [-0.1, -0.05) is 60.7 Å². The van der Waals surface area contributed by atoms with Crippen molar-refractivity contribution < 1.29 is 14.3 Å². The van der Waals surface area contributed by atoms with Crippen LogP contribution in [0.25, 0.3) is 0 Å². The van der Waals surface area contributed by atoms with Crippen molar-refractivity contribution in [2.75, 3.05) is 13.7 Å². The van der Waals surface area contributed by atoms with Crippen molar-refractivity contribution in [3.63, 3.8) is 0 Å². The van der Waals surface area contributed by atoms with E-state index >= 15 is 0 Å². The van der Waals surface area contributed by atoms with Gasteiger partial charge in [0.1, 0.15) is 0 Å². The fraction of sp³-hybridized carbons (Fsp3) is 0.350. The molecule has 0 spiro atoms. The Balaban J connectivity index is 1.71. The molecule has 0 saturated heterocycles. The minimum absolute atomic E-state index is 0.0829. The van der Waals surface area contributed by atoms with Crippen LogP contribution in [0.4, 0.5) is 4.79 Å². The first-order valence-electron chi connectivity index (χ1n) is 8.45. The predicted octanol–water partition coefficient (Wildman–Crippen LogP) is 2.94. The van der Waals surface area contributed by atoms with Crippen molar-refractivity contribution in [2.45, 2.75) is 31.2 Å². The molecule has 2 aromatic carbocycles. The molecule has 1 saturated carbocycles. The Bertz CT molecular complexity index is 693. The van der Waals surface area contributed by atoms with Crippen LogP contribution in [0, 0.1) is 0 Å². The van der Waals surface area contributed by atoms with Crippen molar-refractivity contribution in [3.05, 3.63) is 71.8 Å². The molecule has 2 aromatic rings. The molecule has 132 valence electrons. The summed E-state index contributed by atoms with van der Waals surface area (Å²) in [7, 11) is 1.40. The summed E-state index contributed by atoms with van der Waals surface area (Å²) in [5.41, 5.74) is 7.68. The molecule has 0 heterocycles. The number of benzene rings is 2. The second-order valence-electron chi connectivity index (χ2n) is 6.34. The first-order chi connectivity index (χ1) is 12.2. The van der Waals surface area contributed by atoms with Gasteiger partial charge in [0.2, 0.25) is 0 Å². The lowest BCUT2D eigenvalue weighted by Gasteiger charge is -2.31. The molecule has 1 amide bonds. The van der Waals surface area contributed by atoms with Crippen molar-refractivity contribution >= 4 is 6.09 Å². The number of hydrogen-bond donors (Lipinski definition) is 1. The van der Waals surface area contributed by atoms with Crippen LogP contribution < -0.4 is 5.73 Å². The van der Waals surface area contributed by atoms with Crippen LogP contribution in [-0.2, 0) is 22.6 Å². The van der Waals surface area contributed by atoms with E-state index in [0.29, 0.717) is 19.7 Å². The van der Waals surface area contributed by atoms with Gasteiger partial charge in [-0.2, -0.15) is 0 Å². The monoisotopic (exact) mass is 340 g/mol. The summed E-state index contributed by atoms with van der Waals surface area (Å²) in [6.45, 7) is 1.30. The molecule has 25 heavy (non-hydrogen) atoms. The van der Waals surface area contributed by atoms with Crippen LogP contribution in [0.5, 0.6) is 0 Å². The third-order valence-electron chi connectivity index (χ3n) is 4.74. The maximum atomic E-state index is 12.4. The minimum Gasteiger partial charge on any atom is -0.453 e. The van der Waals surface area contributed by atoms with Crippen molar-refractivity contribution in [1.82, 2.24) is 4.90 Å². The van der Waals surface area contributed by atoms with Gasteiger partial charge in [-0.25, -0.2) is 4.79 Å². The van der Waals surface area contributed by atoms with E-state index in [1.807, 2.05) is 60.7 Å². The average Bonchev–Trinajstić information content (AvgIpc) is 3.40. The molecule has 3 rings (SSSR count). The van der Waals surface area contributed by atoms with Crippen LogP contribution in [0.15, 0.2) is 60.7 Å². The first kappa shape index (κ1) is 17.5. The van der Waals surface area contributed by atoms with Gasteiger partial charge in [-0.3, -0.25) is 4.90 Å². The Hall–Kier alpha value is -2.37. The second kappa shape index (κ2) is 7.68. The summed E-state index contributed by atoms with van der Waals surface area (Å²) >= 11 is 0. The van der Waals surface area contributed by atoms with Crippen LogP contribution in [0.2, 0.25) is 0 Å². The van der Waals surface area contributed by atoms with Crippen molar-refractivity contribution in [1.29, 1.82) is 0 Å². The van der Waals surface area contributed by atoms with Gasteiger partial charge in [0.05, 0.1) is 25.4 Å². The molecule has 0 bridgehead atoms. The molecule has 2 N–H and O–H groups in total. The van der Waals surface area contributed by atoms with Gasteiger partial charge >= 0.3 is 6.09 Å². The number of rotatable bonds is 7. The number of carbonyl (C=O) groups is 1. The van der Waals surface area contributed by atoms with Gasteiger partial charge in [0.15, 0.2) is 0 Å². The third-order valence-corrected chi connectivity index (χ3v) is 4.74. The van der Waals surface area contributed by atoms with E-state index in [0.717, 1.165) is 17.5 Å². The van der Waals surface area contributed by atoms with E-state index in [1.54, 1.807) is 4.90 Å². The number of amides is 1. The molecule has 1 aliphatic carbocycles. The highest BCUT2D eigenvalue weighted by atomic mass is 16.5. The maximum Gasteiger partial charge on any atom is 0.410 e. The summed E-state index contributed by atoms with van der Waals surface area (Å²) in [6.07, 6.45) is 0.263. The number of nitrogens with two attached hydrogens (primary N) is 1. The Morgan fingerprint density at radius 1 is 1.12 bits per heavy atom. The highest BCUT2D eigenvalue weighted by Crippen LogP contribution is 2.45. The van der Waals surface area contributed by atoms with Crippen LogP contribution in [-0.4, -0.2) is 36.3 Å². The van der Waals surface area contributed by atoms with Crippen LogP contribution in [0.3, 0.4) is 0 Å². The number of methoxy groups -OCH3 is 1. The fourth-order valence-electron chi connectivity index (χ4n) is 3.14. The Labute approximate surface area is 148 Å². The summed E-state index contributed by atoms with van der Waals surface area (Å²) in [5, 5.41) is 0. The third kappa shape index (κ3) is 3.83. The van der Waals surface area contributed by atoms with Gasteiger partial charge < -0.3 is 15.2 Å². The first-order valence-corrected chi connectivity index (χ1v) is 8.45. The number of carbonyl (C=O) groups excluding carboxylic acids is 1. The maximum absolute atomic E-state index is 12.4. The van der Waals surface area contributed by atoms with Gasteiger partial charge in [-0.15, -0.1) is 0 Å². The highest BCUT2D eigenvalue weighted by Gasteiger charge is 2.60. The van der Waals surface area contributed by atoms with Crippen LogP contribution >= 0.6 is 0 Å². The Morgan fingerprint density at radius 2 is 1.72 bits per heavy atom. The van der Waals surface area contributed by atoms with E-state index in [9.17, 15) is 4.79 Å². The van der Waals surface area contributed by atoms with E-state index in [-0.39, 0.29) is 12.2 Å². The van der Waals surface area contributed by atoms with Crippen LogP contribution in [0.1, 0.15) is 17.5 Å². The molecule has 0 unspecified atom stereocenters. The highest BCUT2D eigenvalue weighted by molar-refractivity contribution is 5.69. The molecule has 1 aliphatic rings. The largest absolute Gasteiger partial charge is 0.453 e. The minimum atomic E-state index is -0.502. The summed E-state index contributed by atoms with van der Waals surface area (Å²) in [4.78, 5) is 14.1. The Morgan fingerprint density at radius 3 is 2.28 bits per heavy atom. The topological polar surface area (TPSA) is 64.8 Å².